The molecule has 20 heavy (non-hydrogen) atoms. The van der Waals surface area contributed by atoms with Crippen LogP contribution in [0.5, 0.6) is 5.75 Å². The second-order valence-electron chi connectivity index (χ2n) is 4.77. The number of benzene rings is 2. The van der Waals surface area contributed by atoms with Crippen molar-refractivity contribution in [1.29, 1.82) is 0 Å². The molecule has 0 spiro atoms. The van der Waals surface area contributed by atoms with Gasteiger partial charge < -0.3 is 10.4 Å². The standard InChI is InChI=1S/C16H14N2O2/c1-10-5-4-7-12-16(10)18-15(20)9-13(17-12)11-6-2-3-8-14(11)19/h2-8,19H,9H2,1H3,(H,18,20). The van der Waals surface area contributed by atoms with Crippen LogP contribution < -0.4 is 5.32 Å². The van der Waals surface area contributed by atoms with E-state index in [2.05, 4.69) is 10.3 Å². The van der Waals surface area contributed by atoms with Crippen LogP contribution in [0.3, 0.4) is 0 Å². The molecule has 0 saturated carbocycles. The van der Waals surface area contributed by atoms with Gasteiger partial charge in [0.2, 0.25) is 5.91 Å². The molecule has 2 aromatic carbocycles. The van der Waals surface area contributed by atoms with Gasteiger partial charge in [-0.1, -0.05) is 24.3 Å². The van der Waals surface area contributed by atoms with E-state index in [1.165, 1.54) is 0 Å². The van der Waals surface area contributed by atoms with E-state index in [1.807, 2.05) is 31.2 Å². The molecule has 0 bridgehead atoms. The summed E-state index contributed by atoms with van der Waals surface area (Å²) in [6.07, 6.45) is 0.145. The number of phenols is 1. The number of nitrogens with zero attached hydrogens (tertiary/aromatic N) is 1. The van der Waals surface area contributed by atoms with E-state index < -0.39 is 0 Å². The van der Waals surface area contributed by atoms with Crippen molar-refractivity contribution in [3.8, 4) is 5.75 Å². The molecule has 3 rings (SSSR count). The second-order valence-corrected chi connectivity index (χ2v) is 4.77. The number of aromatic hydroxyl groups is 1. The highest BCUT2D eigenvalue weighted by atomic mass is 16.3. The summed E-state index contributed by atoms with van der Waals surface area (Å²) >= 11 is 0. The number of rotatable bonds is 1. The topological polar surface area (TPSA) is 61.7 Å². The molecule has 2 aromatic rings. The molecule has 1 aliphatic rings. The average molecular weight is 266 g/mol. The molecule has 4 nitrogen and oxygen atoms in total. The molecule has 2 N–H and O–H groups in total. The molecule has 0 fully saturated rings. The van der Waals surface area contributed by atoms with Crippen molar-refractivity contribution in [2.24, 2.45) is 4.99 Å². The molecule has 0 aliphatic carbocycles. The Morgan fingerprint density at radius 2 is 1.95 bits per heavy atom. The Balaban J connectivity index is 2.17. The highest BCUT2D eigenvalue weighted by molar-refractivity contribution is 6.18. The third kappa shape index (κ3) is 2.16. The lowest BCUT2D eigenvalue weighted by Crippen LogP contribution is -2.15. The van der Waals surface area contributed by atoms with Crippen molar-refractivity contribution >= 4 is 23.0 Å². The number of para-hydroxylation sites is 2. The zero-order valence-corrected chi connectivity index (χ0v) is 11.1. The molecular weight excluding hydrogens is 252 g/mol. The number of hydrogen-bond acceptors (Lipinski definition) is 3. The Bertz CT molecular complexity index is 720. The zero-order valence-electron chi connectivity index (χ0n) is 11.1. The Labute approximate surface area is 116 Å². The fourth-order valence-electron chi connectivity index (χ4n) is 2.30. The first kappa shape index (κ1) is 12.4. The van der Waals surface area contributed by atoms with Crippen LogP contribution in [0.25, 0.3) is 0 Å². The van der Waals surface area contributed by atoms with Crippen molar-refractivity contribution in [1.82, 2.24) is 0 Å². The van der Waals surface area contributed by atoms with E-state index in [9.17, 15) is 9.90 Å². The smallest absolute Gasteiger partial charge is 0.230 e. The van der Waals surface area contributed by atoms with Crippen LogP contribution in [0, 0.1) is 6.92 Å². The number of carbonyl (C=O) groups is 1. The summed E-state index contributed by atoms with van der Waals surface area (Å²) in [7, 11) is 0. The Kier molecular flexibility index (Phi) is 2.99. The minimum Gasteiger partial charge on any atom is -0.507 e. The minimum atomic E-state index is -0.125. The van der Waals surface area contributed by atoms with Gasteiger partial charge in [-0.3, -0.25) is 4.79 Å². The fraction of sp³-hybridized carbons (Fsp3) is 0.125. The predicted octanol–water partition coefficient (Wildman–Crippen LogP) is 3.16. The first-order valence-electron chi connectivity index (χ1n) is 6.40. The summed E-state index contributed by atoms with van der Waals surface area (Å²) in [6.45, 7) is 1.93. The highest BCUT2D eigenvalue weighted by Gasteiger charge is 2.19. The van der Waals surface area contributed by atoms with E-state index in [4.69, 9.17) is 0 Å². The number of phenolic OH excluding ortho intramolecular Hbond substituents is 1. The van der Waals surface area contributed by atoms with Crippen molar-refractivity contribution < 1.29 is 9.90 Å². The fourth-order valence-corrected chi connectivity index (χ4v) is 2.30. The molecule has 0 unspecified atom stereocenters. The number of carbonyl (C=O) groups excluding carboxylic acids is 1. The van der Waals surface area contributed by atoms with Gasteiger partial charge >= 0.3 is 0 Å². The van der Waals surface area contributed by atoms with Crippen LogP contribution in [0.1, 0.15) is 17.5 Å². The molecule has 0 atom stereocenters. The van der Waals surface area contributed by atoms with E-state index in [0.717, 1.165) is 11.3 Å². The van der Waals surface area contributed by atoms with Crippen LogP contribution in [0.2, 0.25) is 0 Å². The summed E-state index contributed by atoms with van der Waals surface area (Å²) in [5.41, 5.74) is 3.59. The lowest BCUT2D eigenvalue weighted by molar-refractivity contribution is -0.115. The van der Waals surface area contributed by atoms with Crippen molar-refractivity contribution in [3.05, 3.63) is 53.6 Å². The maximum absolute atomic E-state index is 12.0. The van der Waals surface area contributed by atoms with Crippen LogP contribution in [0.4, 0.5) is 11.4 Å². The van der Waals surface area contributed by atoms with Gasteiger partial charge in [0.25, 0.3) is 0 Å². The Morgan fingerprint density at radius 3 is 2.75 bits per heavy atom. The summed E-state index contributed by atoms with van der Waals surface area (Å²) in [5, 5.41) is 12.8. The van der Waals surface area contributed by atoms with Crippen LogP contribution in [0.15, 0.2) is 47.5 Å². The van der Waals surface area contributed by atoms with Gasteiger partial charge in [0.1, 0.15) is 5.75 Å². The molecular formula is C16H14N2O2. The van der Waals surface area contributed by atoms with Crippen LogP contribution >= 0.6 is 0 Å². The van der Waals surface area contributed by atoms with E-state index in [0.29, 0.717) is 17.0 Å². The van der Waals surface area contributed by atoms with Gasteiger partial charge in [-0.05, 0) is 30.7 Å². The molecule has 4 heteroatoms. The van der Waals surface area contributed by atoms with Gasteiger partial charge in [0, 0.05) is 5.56 Å². The summed E-state index contributed by atoms with van der Waals surface area (Å²) < 4.78 is 0. The van der Waals surface area contributed by atoms with Crippen molar-refractivity contribution in [3.63, 3.8) is 0 Å². The second kappa shape index (κ2) is 4.81. The highest BCUT2D eigenvalue weighted by Crippen LogP contribution is 2.32. The number of fused-ring (bicyclic) bond motifs is 1. The molecule has 100 valence electrons. The normalized spacial score (nSPS) is 14.1. The zero-order chi connectivity index (χ0) is 14.1. The van der Waals surface area contributed by atoms with E-state index in [-0.39, 0.29) is 18.1 Å². The van der Waals surface area contributed by atoms with Gasteiger partial charge in [-0.25, -0.2) is 4.99 Å². The first-order chi connectivity index (χ1) is 9.65. The third-order valence-electron chi connectivity index (χ3n) is 3.31. The Morgan fingerprint density at radius 1 is 1.15 bits per heavy atom. The monoisotopic (exact) mass is 266 g/mol. The lowest BCUT2D eigenvalue weighted by atomic mass is 10.1. The third-order valence-corrected chi connectivity index (χ3v) is 3.31. The summed E-state index contributed by atoms with van der Waals surface area (Å²) in [5.74, 6) is 0.00945. The first-order valence-corrected chi connectivity index (χ1v) is 6.40. The molecule has 1 heterocycles. The largest absolute Gasteiger partial charge is 0.507 e. The van der Waals surface area contributed by atoms with Crippen molar-refractivity contribution in [2.45, 2.75) is 13.3 Å². The number of hydrogen-bond donors (Lipinski definition) is 2. The predicted molar refractivity (Wildman–Crippen MR) is 78.7 cm³/mol. The molecule has 1 amide bonds. The minimum absolute atomic E-state index is 0.125. The SMILES string of the molecule is Cc1cccc2c1NC(=O)CC(c1ccccc1O)=N2. The van der Waals surface area contributed by atoms with Crippen LogP contribution in [-0.4, -0.2) is 16.7 Å². The maximum Gasteiger partial charge on any atom is 0.230 e. The molecule has 0 saturated heterocycles. The van der Waals surface area contributed by atoms with E-state index >= 15 is 0 Å². The average Bonchev–Trinajstić information content (AvgIpc) is 2.59. The van der Waals surface area contributed by atoms with Gasteiger partial charge in [-0.15, -0.1) is 0 Å². The quantitative estimate of drug-likeness (QED) is 0.832. The van der Waals surface area contributed by atoms with E-state index in [1.54, 1.807) is 18.2 Å². The number of nitrogens with one attached hydrogen (secondary N) is 1. The van der Waals surface area contributed by atoms with Gasteiger partial charge in [0.05, 0.1) is 23.5 Å². The van der Waals surface area contributed by atoms with Crippen molar-refractivity contribution in [2.75, 3.05) is 5.32 Å². The number of anilines is 1. The lowest BCUT2D eigenvalue weighted by Gasteiger charge is -2.07. The number of aliphatic imine (C=N–C) groups is 1. The molecule has 1 aliphatic heterocycles. The molecule has 0 aromatic heterocycles. The summed E-state index contributed by atoms with van der Waals surface area (Å²) in [6, 6.07) is 12.6. The number of amides is 1. The Hall–Kier alpha value is -2.62. The summed E-state index contributed by atoms with van der Waals surface area (Å²) in [4.78, 5) is 16.6. The number of aryl methyl sites for hydroxylation is 1. The molecule has 0 radical (unpaired) electrons. The van der Waals surface area contributed by atoms with Gasteiger partial charge in [-0.2, -0.15) is 0 Å². The van der Waals surface area contributed by atoms with Crippen LogP contribution in [-0.2, 0) is 4.79 Å². The van der Waals surface area contributed by atoms with Gasteiger partial charge in [0.15, 0.2) is 0 Å². The maximum atomic E-state index is 12.0.